The van der Waals surface area contributed by atoms with Crippen LogP contribution in [0.5, 0.6) is 11.5 Å². The summed E-state index contributed by atoms with van der Waals surface area (Å²) in [7, 11) is 0. The molecule has 17 heteroatoms. The summed E-state index contributed by atoms with van der Waals surface area (Å²) in [5, 5.41) is 23.6. The first-order valence-corrected chi connectivity index (χ1v) is 18.7. The van der Waals surface area contributed by atoms with Gasteiger partial charge in [0.1, 0.15) is 41.9 Å². The van der Waals surface area contributed by atoms with Crippen molar-refractivity contribution in [2.45, 2.75) is 62.9 Å². The maximum Gasteiger partial charge on any atom is 0.273 e. The normalized spacial score (nSPS) is 21.6. The zero-order valence-electron chi connectivity index (χ0n) is 30.3. The number of ether oxygens (including phenoxy) is 2. The summed E-state index contributed by atoms with van der Waals surface area (Å²) in [4.78, 5) is 82.4. The fourth-order valence-corrected chi connectivity index (χ4v) is 6.93. The van der Waals surface area contributed by atoms with Gasteiger partial charge in [-0.25, -0.2) is 15.0 Å². The number of rotatable bonds is 5. The fraction of sp³-hybridized carbons (Fsp3) is 0.368. The fourth-order valence-electron chi connectivity index (χ4n) is 6.19. The zero-order valence-corrected chi connectivity index (χ0v) is 31.1. The van der Waals surface area contributed by atoms with Gasteiger partial charge in [0.2, 0.25) is 17.7 Å². The molecule has 5 heterocycles. The van der Waals surface area contributed by atoms with E-state index in [1.807, 2.05) is 30.3 Å². The summed E-state index contributed by atoms with van der Waals surface area (Å²) >= 11 is 1.24. The lowest BCUT2D eigenvalue weighted by molar-refractivity contribution is -0.145. The van der Waals surface area contributed by atoms with Crippen molar-refractivity contribution in [2.24, 2.45) is 0 Å². The van der Waals surface area contributed by atoms with E-state index in [4.69, 9.17) is 9.47 Å². The van der Waals surface area contributed by atoms with Crippen LogP contribution < -0.4 is 30.7 Å². The standard InChI is InChI=1S/C38H42N8O8S/c1-23-32(48)43-28(21-25-7-4-3-5-8-25)33(49)41-17-20-53-26-9-11-27(12-10-26)54-38(37(52)45-30(24(2)47)34(50)42-23)13-18-46(19-14-38)36(51)29-22-55-35(44-29)31-39-15-6-16-40-31/h3-12,15-16,22-24,28,30,47H,13-14,17-21H2,1-2H3,(H,41,49)(H,42,50)(H,43,48)(H,45,52)/t23-,24+,28-,30?/m0/s1. The van der Waals surface area contributed by atoms with Crippen LogP contribution >= 0.6 is 11.3 Å². The molecule has 2 aromatic carbocycles. The Bertz CT molecular complexity index is 1970. The van der Waals surface area contributed by atoms with Gasteiger partial charge in [0.05, 0.1) is 12.6 Å². The van der Waals surface area contributed by atoms with Gasteiger partial charge in [0.15, 0.2) is 16.4 Å². The average molecular weight is 771 g/mol. The second-order valence-corrected chi connectivity index (χ2v) is 14.1. The van der Waals surface area contributed by atoms with E-state index in [1.54, 1.807) is 53.0 Å². The highest BCUT2D eigenvalue weighted by Crippen LogP contribution is 2.32. The van der Waals surface area contributed by atoms with Crippen LogP contribution in [0.2, 0.25) is 0 Å². The second kappa shape index (κ2) is 17.5. The Hall–Kier alpha value is -5.94. The van der Waals surface area contributed by atoms with Crippen LogP contribution in [0.25, 0.3) is 10.8 Å². The molecule has 7 rings (SSSR count). The van der Waals surface area contributed by atoms with E-state index in [9.17, 15) is 29.1 Å². The van der Waals surface area contributed by atoms with Crippen molar-refractivity contribution in [3.05, 3.63) is 89.7 Å². The van der Waals surface area contributed by atoms with Crippen LogP contribution in [0.15, 0.2) is 78.4 Å². The molecule has 0 aliphatic carbocycles. The number of carbonyl (C=O) groups excluding carboxylic acids is 5. The van der Waals surface area contributed by atoms with Gasteiger partial charge in [0, 0.05) is 50.1 Å². The van der Waals surface area contributed by atoms with E-state index in [0.717, 1.165) is 5.56 Å². The van der Waals surface area contributed by atoms with Crippen LogP contribution in [0, 0.1) is 0 Å². The monoisotopic (exact) mass is 770 g/mol. The number of nitrogens with zero attached hydrogens (tertiary/aromatic N) is 4. The number of hydrogen-bond donors (Lipinski definition) is 5. The molecule has 16 nitrogen and oxygen atoms in total. The molecule has 288 valence electrons. The number of likely N-dealkylation sites (tertiary alicyclic amines) is 1. The van der Waals surface area contributed by atoms with E-state index in [-0.39, 0.29) is 57.1 Å². The van der Waals surface area contributed by atoms with Crippen molar-refractivity contribution in [1.29, 1.82) is 0 Å². The Kier molecular flexibility index (Phi) is 12.3. The summed E-state index contributed by atoms with van der Waals surface area (Å²) in [5.41, 5.74) is -0.532. The number of hydrogen-bond acceptors (Lipinski definition) is 12. The van der Waals surface area contributed by atoms with Gasteiger partial charge in [-0.05, 0) is 49.7 Å². The lowest BCUT2D eigenvalue weighted by atomic mass is 9.89. The summed E-state index contributed by atoms with van der Waals surface area (Å²) in [5.74, 6) is -1.73. The molecule has 5 N–H and O–H groups in total. The van der Waals surface area contributed by atoms with E-state index in [1.165, 1.54) is 25.2 Å². The first-order chi connectivity index (χ1) is 26.5. The number of nitrogens with one attached hydrogen (secondary N) is 4. The highest BCUT2D eigenvalue weighted by atomic mass is 32.1. The topological polar surface area (TPSA) is 214 Å². The molecule has 1 fully saturated rings. The second-order valence-electron chi connectivity index (χ2n) is 13.3. The third kappa shape index (κ3) is 9.60. The molecule has 55 heavy (non-hydrogen) atoms. The van der Waals surface area contributed by atoms with E-state index >= 15 is 0 Å². The number of amides is 5. The minimum absolute atomic E-state index is 0.0388. The highest BCUT2D eigenvalue weighted by Gasteiger charge is 2.47. The van der Waals surface area contributed by atoms with Crippen LogP contribution in [-0.4, -0.2) is 111 Å². The van der Waals surface area contributed by atoms with Gasteiger partial charge in [-0.1, -0.05) is 30.3 Å². The summed E-state index contributed by atoms with van der Waals surface area (Å²) in [6.45, 7) is 3.26. The molecular formula is C38H42N8O8S. The number of aliphatic hydroxyl groups excluding tert-OH is 1. The van der Waals surface area contributed by atoms with Gasteiger partial charge in [-0.2, -0.15) is 0 Å². The zero-order chi connectivity index (χ0) is 39.0. The van der Waals surface area contributed by atoms with Gasteiger partial charge in [-0.15, -0.1) is 11.3 Å². The molecule has 3 aliphatic heterocycles. The Labute approximate surface area is 321 Å². The molecule has 4 atom stereocenters. The average Bonchev–Trinajstić information content (AvgIpc) is 3.69. The Morgan fingerprint density at radius 1 is 0.927 bits per heavy atom. The predicted molar refractivity (Wildman–Crippen MR) is 200 cm³/mol. The van der Waals surface area contributed by atoms with Gasteiger partial charge in [0.25, 0.3) is 11.8 Å². The molecule has 1 saturated heterocycles. The Balaban J connectivity index is 1.22. The first kappa shape index (κ1) is 38.8. The van der Waals surface area contributed by atoms with E-state index < -0.39 is 53.5 Å². The van der Waals surface area contributed by atoms with Crippen LogP contribution in [0.4, 0.5) is 0 Å². The number of piperidine rings is 1. The molecule has 5 amide bonds. The summed E-state index contributed by atoms with van der Waals surface area (Å²) in [6, 6.07) is 13.8. The van der Waals surface area contributed by atoms with Crippen molar-refractivity contribution in [3.8, 4) is 22.3 Å². The SMILES string of the molecule is C[C@@H]1NC(=O)C([C@@H](C)O)NC(=O)C2(CCN(C(=O)c3csc(-c4ncccn4)n3)CC2)Oc2ccc(cc2)OCCNC(=O)[C@H](Cc2ccccc2)NC1=O. The Morgan fingerprint density at radius 3 is 2.31 bits per heavy atom. The maximum atomic E-state index is 14.2. The van der Waals surface area contributed by atoms with E-state index in [0.29, 0.717) is 22.3 Å². The minimum Gasteiger partial charge on any atom is -0.492 e. The lowest BCUT2D eigenvalue weighted by Gasteiger charge is -2.41. The third-order valence-electron chi connectivity index (χ3n) is 9.28. The molecule has 2 bridgehead atoms. The van der Waals surface area contributed by atoms with Crippen molar-refractivity contribution >= 4 is 40.9 Å². The number of thiazole rings is 1. The highest BCUT2D eigenvalue weighted by molar-refractivity contribution is 7.13. The number of aliphatic hydroxyl groups is 1. The van der Waals surface area contributed by atoms with Crippen LogP contribution in [-0.2, 0) is 25.6 Å². The van der Waals surface area contributed by atoms with Crippen molar-refractivity contribution in [1.82, 2.24) is 41.1 Å². The molecule has 2 aromatic heterocycles. The molecule has 0 saturated carbocycles. The molecule has 1 unspecified atom stereocenters. The first-order valence-electron chi connectivity index (χ1n) is 17.9. The molecule has 0 radical (unpaired) electrons. The smallest absolute Gasteiger partial charge is 0.273 e. The molecule has 4 aromatic rings. The third-order valence-corrected chi connectivity index (χ3v) is 10.1. The van der Waals surface area contributed by atoms with Crippen LogP contribution in [0.3, 0.4) is 0 Å². The number of fused-ring (bicyclic) bond motifs is 15. The number of benzene rings is 2. The quantitative estimate of drug-likeness (QED) is 0.182. The van der Waals surface area contributed by atoms with Gasteiger partial charge >= 0.3 is 0 Å². The minimum atomic E-state index is -1.56. The van der Waals surface area contributed by atoms with Gasteiger partial charge in [-0.3, -0.25) is 24.0 Å². The number of carbonyl (C=O) groups is 5. The molecule has 1 spiro atoms. The molecular weight excluding hydrogens is 729 g/mol. The largest absolute Gasteiger partial charge is 0.492 e. The maximum absolute atomic E-state index is 14.2. The van der Waals surface area contributed by atoms with Crippen molar-refractivity contribution in [2.75, 3.05) is 26.2 Å². The summed E-state index contributed by atoms with van der Waals surface area (Å²) < 4.78 is 12.2. The van der Waals surface area contributed by atoms with Crippen LogP contribution in [0.1, 0.15) is 42.7 Å². The van der Waals surface area contributed by atoms with Crippen molar-refractivity contribution < 1.29 is 38.6 Å². The summed E-state index contributed by atoms with van der Waals surface area (Å²) in [6.07, 6.45) is 2.07. The van der Waals surface area contributed by atoms with Crippen molar-refractivity contribution in [3.63, 3.8) is 0 Å². The number of aromatic nitrogens is 3. The Morgan fingerprint density at radius 2 is 1.62 bits per heavy atom. The molecule has 3 aliphatic rings. The predicted octanol–water partition coefficient (Wildman–Crippen LogP) is 1.26. The van der Waals surface area contributed by atoms with E-state index in [2.05, 4.69) is 36.2 Å². The lowest BCUT2D eigenvalue weighted by Crippen LogP contribution is -2.63. The van der Waals surface area contributed by atoms with Gasteiger partial charge < -0.3 is 40.7 Å².